The van der Waals surface area contributed by atoms with Crippen molar-refractivity contribution in [2.75, 3.05) is 0 Å². The zero-order chi connectivity index (χ0) is 34.3. The maximum Gasteiger partial charge on any atom is 0.163 e. The number of nitrogens with zero attached hydrogens (tertiary/aromatic N) is 1. The van der Waals surface area contributed by atoms with E-state index in [1.165, 1.54) is 34.3 Å². The van der Waals surface area contributed by atoms with Crippen LogP contribution in [-0.4, -0.2) is 23.0 Å². The van der Waals surface area contributed by atoms with Gasteiger partial charge in [-0.25, -0.2) is 0 Å². The molecule has 0 saturated carbocycles. The first-order valence-electron chi connectivity index (χ1n) is 16.9. The van der Waals surface area contributed by atoms with Gasteiger partial charge in [-0.1, -0.05) is 139 Å². The molecule has 2 atom stereocenters. The molecule has 6 aromatic rings. The fraction of sp³-hybridized carbons (Fsp3) is 0.186. The molecule has 7 rings (SSSR count). The molecular weight excluding hydrogens is 691 g/mol. The number of pyridine rings is 1. The van der Waals surface area contributed by atoms with Gasteiger partial charge in [-0.05, 0) is 74.9 Å². The summed E-state index contributed by atoms with van der Waals surface area (Å²) in [5, 5.41) is 1.13. The van der Waals surface area contributed by atoms with Gasteiger partial charge in [0.2, 0.25) is 0 Å². The summed E-state index contributed by atoms with van der Waals surface area (Å²) < 4.78 is 12.5. The minimum Gasteiger partial charge on any atom is -0.347 e. The van der Waals surface area contributed by atoms with Crippen molar-refractivity contribution in [1.29, 1.82) is 0 Å². The van der Waals surface area contributed by atoms with Crippen LogP contribution in [0, 0.1) is 0 Å². The molecule has 1 aromatic heterocycles. The highest BCUT2D eigenvalue weighted by molar-refractivity contribution is 8.04. The van der Waals surface area contributed by atoms with Gasteiger partial charge in [0.25, 0.3) is 0 Å². The first-order chi connectivity index (χ1) is 24.4. The Hall–Kier alpha value is -3.43. The number of hydrogen-bond acceptors (Lipinski definition) is 7. The van der Waals surface area contributed by atoms with Crippen molar-refractivity contribution in [2.45, 2.75) is 90.8 Å². The normalized spacial score (nSPS) is 17.3. The van der Waals surface area contributed by atoms with Crippen LogP contribution >= 0.6 is 47.0 Å². The summed E-state index contributed by atoms with van der Waals surface area (Å²) in [6.45, 7) is 6.19. The van der Waals surface area contributed by atoms with Gasteiger partial charge in [0.15, 0.2) is 5.79 Å². The average molecular weight is 730 g/mol. The third-order valence-electron chi connectivity index (χ3n) is 8.20. The Morgan fingerprint density at radius 3 is 1.70 bits per heavy atom. The second kappa shape index (κ2) is 16.3. The van der Waals surface area contributed by atoms with Gasteiger partial charge < -0.3 is 9.47 Å². The molecule has 5 aromatic carbocycles. The lowest BCUT2D eigenvalue weighted by molar-refractivity contribution is -0.290. The molecule has 0 unspecified atom stereocenters. The smallest absolute Gasteiger partial charge is 0.163 e. The van der Waals surface area contributed by atoms with Crippen LogP contribution in [0.1, 0.15) is 39.2 Å². The van der Waals surface area contributed by atoms with Crippen molar-refractivity contribution in [3.63, 3.8) is 0 Å². The molecule has 0 aliphatic carbocycles. The van der Waals surface area contributed by atoms with Crippen LogP contribution in [0.2, 0.25) is 0 Å². The van der Waals surface area contributed by atoms with Gasteiger partial charge in [0, 0.05) is 57.8 Å². The van der Waals surface area contributed by atoms with Crippen molar-refractivity contribution in [3.8, 4) is 0 Å². The van der Waals surface area contributed by atoms with Crippen molar-refractivity contribution >= 4 is 64.0 Å². The maximum atomic E-state index is 6.37. The topological polar surface area (TPSA) is 31.4 Å². The molecule has 0 spiro atoms. The van der Waals surface area contributed by atoms with Crippen LogP contribution in [0.5, 0.6) is 0 Å². The molecule has 1 aliphatic rings. The van der Waals surface area contributed by atoms with Crippen LogP contribution in [0.4, 0.5) is 0 Å². The lowest BCUT2D eigenvalue weighted by Gasteiger charge is -2.39. The van der Waals surface area contributed by atoms with Crippen molar-refractivity contribution in [1.82, 2.24) is 4.98 Å². The van der Waals surface area contributed by atoms with Crippen LogP contribution in [-0.2, 0) is 9.47 Å². The quantitative estimate of drug-likeness (QED) is 0.131. The number of aromatic nitrogens is 1. The average Bonchev–Trinajstić information content (AvgIpc) is 3.13. The summed E-state index contributed by atoms with van der Waals surface area (Å²) >= 11 is 7.20. The highest BCUT2D eigenvalue weighted by Gasteiger charge is 2.33. The van der Waals surface area contributed by atoms with E-state index in [-0.39, 0.29) is 12.2 Å². The first kappa shape index (κ1) is 35.0. The molecule has 0 N–H and O–H groups in total. The Morgan fingerprint density at radius 2 is 1.16 bits per heavy atom. The Kier molecular flexibility index (Phi) is 11.4. The molecule has 0 amide bonds. The Balaban J connectivity index is 1.43. The lowest BCUT2D eigenvalue weighted by Crippen LogP contribution is -2.43. The molecule has 0 bridgehead atoms. The molecule has 3 nitrogen and oxygen atoms in total. The second-order valence-corrected chi connectivity index (χ2v) is 16.8. The predicted molar refractivity (Wildman–Crippen MR) is 212 cm³/mol. The van der Waals surface area contributed by atoms with Gasteiger partial charge >= 0.3 is 0 Å². The minimum absolute atomic E-state index is 0.0491. The molecule has 0 radical (unpaired) electrons. The molecule has 1 aliphatic heterocycles. The summed E-state index contributed by atoms with van der Waals surface area (Å²) in [6.07, 6.45) is 8.34. The maximum absolute atomic E-state index is 6.37. The molecule has 252 valence electrons. The Bertz CT molecular complexity index is 2060. The van der Waals surface area contributed by atoms with Gasteiger partial charge in [0.1, 0.15) is 0 Å². The van der Waals surface area contributed by atoms with E-state index < -0.39 is 5.79 Å². The van der Waals surface area contributed by atoms with Gasteiger partial charge in [-0.15, -0.1) is 0 Å². The number of fused-ring (bicyclic) bond motifs is 1. The van der Waals surface area contributed by atoms with E-state index in [0.29, 0.717) is 0 Å². The molecule has 1 fully saturated rings. The summed E-state index contributed by atoms with van der Waals surface area (Å²) in [4.78, 5) is 14.8. The third-order valence-corrected chi connectivity index (χ3v) is 12.9. The zero-order valence-corrected chi connectivity index (χ0v) is 31.6. The van der Waals surface area contributed by atoms with E-state index in [4.69, 9.17) is 14.5 Å². The van der Waals surface area contributed by atoms with Crippen LogP contribution in [0.25, 0.3) is 17.0 Å². The van der Waals surface area contributed by atoms with Gasteiger partial charge in [0.05, 0.1) is 22.6 Å². The summed E-state index contributed by atoms with van der Waals surface area (Å²) in [5.41, 5.74) is 2.07. The fourth-order valence-corrected chi connectivity index (χ4v) is 10.3. The standard InChI is InChI=1S/C43H39NO2S4/c1-4-31-27-32(46-43(2,3)45-31)26-25-30-29-44-39-37(40(30)48-34-19-11-6-12-20-34)28-38(47-33-17-9-5-10-18-33)41(49-35-21-13-7-14-22-35)42(39)50-36-23-15-8-16-24-36/h5-26,28-29,31-32H,4,27H2,1-3H3/b26-25+/t31-,32+/m0/s1. The number of benzene rings is 5. The second-order valence-electron chi connectivity index (χ2n) is 12.4. The van der Waals surface area contributed by atoms with Crippen LogP contribution in [0.15, 0.2) is 179 Å². The monoisotopic (exact) mass is 729 g/mol. The SMILES string of the molecule is CC[C@H]1C[C@@H](/C=C/c2cnc3c(Sc4ccccc4)c(Sc4ccccc4)c(Sc4ccccc4)cc3c2Sc2ccccc2)OC(C)(C)O1. The highest BCUT2D eigenvalue weighted by Crippen LogP contribution is 2.51. The van der Waals surface area contributed by atoms with E-state index in [2.05, 4.69) is 146 Å². The Labute approximate surface area is 312 Å². The van der Waals surface area contributed by atoms with E-state index in [1.54, 1.807) is 23.5 Å². The minimum atomic E-state index is -0.628. The highest BCUT2D eigenvalue weighted by atomic mass is 32.2. The largest absolute Gasteiger partial charge is 0.347 e. The lowest BCUT2D eigenvalue weighted by atomic mass is 10.0. The molecule has 1 saturated heterocycles. The number of hydrogen-bond donors (Lipinski definition) is 0. The molecule has 2 heterocycles. The van der Waals surface area contributed by atoms with E-state index in [9.17, 15) is 0 Å². The van der Waals surface area contributed by atoms with Crippen molar-refractivity contribution in [2.24, 2.45) is 0 Å². The van der Waals surface area contributed by atoms with Crippen LogP contribution in [0.3, 0.4) is 0 Å². The first-order valence-corrected chi connectivity index (χ1v) is 20.2. The number of ether oxygens (including phenoxy) is 2. The zero-order valence-electron chi connectivity index (χ0n) is 28.3. The van der Waals surface area contributed by atoms with Crippen LogP contribution < -0.4 is 0 Å². The third kappa shape index (κ3) is 8.71. The van der Waals surface area contributed by atoms with E-state index >= 15 is 0 Å². The predicted octanol–water partition coefficient (Wildman–Crippen LogP) is 13.2. The Morgan fingerprint density at radius 1 is 0.660 bits per heavy atom. The molecule has 7 heteroatoms. The summed E-state index contributed by atoms with van der Waals surface area (Å²) in [6, 6.07) is 45.0. The summed E-state index contributed by atoms with van der Waals surface area (Å²) in [5.74, 6) is -0.628. The van der Waals surface area contributed by atoms with Crippen molar-refractivity contribution in [3.05, 3.63) is 145 Å². The van der Waals surface area contributed by atoms with Crippen molar-refractivity contribution < 1.29 is 9.47 Å². The molecule has 50 heavy (non-hydrogen) atoms. The summed E-state index contributed by atoms with van der Waals surface area (Å²) in [7, 11) is 0. The van der Waals surface area contributed by atoms with Gasteiger partial charge in [-0.2, -0.15) is 0 Å². The van der Waals surface area contributed by atoms with E-state index in [1.807, 2.05) is 43.6 Å². The van der Waals surface area contributed by atoms with Gasteiger partial charge in [-0.3, -0.25) is 4.98 Å². The number of rotatable bonds is 11. The molecular formula is C43H39NO2S4. The van der Waals surface area contributed by atoms with E-state index in [0.717, 1.165) is 34.2 Å². The fourth-order valence-electron chi connectivity index (χ4n) is 5.92.